The molecule has 164 valence electrons. The predicted molar refractivity (Wildman–Crippen MR) is 120 cm³/mol. The number of nitrogens with one attached hydrogen (secondary N) is 1. The Morgan fingerprint density at radius 2 is 1.59 bits per heavy atom. The third kappa shape index (κ3) is 3.37. The molecule has 32 heavy (non-hydrogen) atoms. The number of carbonyl (C=O) groups is 2. The van der Waals surface area contributed by atoms with Crippen LogP contribution in [0.15, 0.2) is 42.5 Å². The normalized spacial score (nSPS) is 19.9. The maximum atomic E-state index is 12.9. The summed E-state index contributed by atoms with van der Waals surface area (Å²) < 4.78 is 0. The van der Waals surface area contributed by atoms with E-state index in [1.165, 1.54) is 23.9 Å². The highest BCUT2D eigenvalue weighted by Crippen LogP contribution is 2.42. The van der Waals surface area contributed by atoms with Crippen LogP contribution in [0.25, 0.3) is 22.0 Å². The van der Waals surface area contributed by atoms with Crippen LogP contribution in [0.2, 0.25) is 0 Å². The van der Waals surface area contributed by atoms with E-state index in [-0.39, 0.29) is 11.8 Å². The fourth-order valence-corrected chi connectivity index (χ4v) is 4.62. The summed E-state index contributed by atoms with van der Waals surface area (Å²) in [6.45, 7) is 1.92. The number of aromatic nitrogens is 2. The minimum Gasteiger partial charge on any atom is -0.380 e. The standard InChI is InChI=1S/C25H26N4O3/c30-23(28-11-13-29(14-12-28)24(31)25(32)9-10-25)18-5-1-16(2-6-18)19-7-8-20-21(15-19)26-27-22(20)17-3-4-17/h1-2,5-8,15,17,32H,3-4,9-14H2,(H,26,27). The zero-order chi connectivity index (χ0) is 21.9. The number of nitrogens with zero attached hydrogens (tertiary/aromatic N) is 3. The van der Waals surface area contributed by atoms with Crippen LogP contribution in [0.3, 0.4) is 0 Å². The number of fused-ring (bicyclic) bond motifs is 1. The average molecular weight is 431 g/mol. The van der Waals surface area contributed by atoms with Crippen molar-refractivity contribution in [2.75, 3.05) is 26.2 Å². The van der Waals surface area contributed by atoms with Crippen molar-refractivity contribution >= 4 is 22.7 Å². The number of benzene rings is 2. The van der Waals surface area contributed by atoms with Gasteiger partial charge in [0.25, 0.3) is 11.8 Å². The monoisotopic (exact) mass is 430 g/mol. The number of amides is 2. The second kappa shape index (κ2) is 7.17. The van der Waals surface area contributed by atoms with Gasteiger partial charge in [0.15, 0.2) is 0 Å². The van der Waals surface area contributed by atoms with E-state index in [1.54, 1.807) is 9.80 Å². The van der Waals surface area contributed by atoms with Gasteiger partial charge in [-0.05, 0) is 55.0 Å². The number of rotatable bonds is 4. The highest BCUT2D eigenvalue weighted by Gasteiger charge is 2.50. The largest absolute Gasteiger partial charge is 0.380 e. The van der Waals surface area contributed by atoms with E-state index in [1.807, 2.05) is 24.3 Å². The van der Waals surface area contributed by atoms with Crippen LogP contribution in [-0.2, 0) is 4.79 Å². The quantitative estimate of drug-likeness (QED) is 0.666. The molecule has 1 aromatic heterocycles. The summed E-state index contributed by atoms with van der Waals surface area (Å²) in [7, 11) is 0. The van der Waals surface area contributed by atoms with Crippen molar-refractivity contribution in [1.29, 1.82) is 0 Å². The number of aliphatic hydroxyl groups is 1. The molecule has 2 aromatic carbocycles. The third-order valence-electron chi connectivity index (χ3n) is 7.00. The number of aromatic amines is 1. The summed E-state index contributed by atoms with van der Waals surface area (Å²) in [5.74, 6) is 0.401. The summed E-state index contributed by atoms with van der Waals surface area (Å²) in [5, 5.41) is 18.9. The van der Waals surface area contributed by atoms with Crippen molar-refractivity contribution in [3.8, 4) is 11.1 Å². The lowest BCUT2D eigenvalue weighted by atomic mass is 10.0. The summed E-state index contributed by atoms with van der Waals surface area (Å²) >= 11 is 0. The van der Waals surface area contributed by atoms with E-state index in [9.17, 15) is 14.7 Å². The van der Waals surface area contributed by atoms with Gasteiger partial charge in [0.2, 0.25) is 0 Å². The predicted octanol–water partition coefficient (Wildman–Crippen LogP) is 2.92. The van der Waals surface area contributed by atoms with Gasteiger partial charge in [0.1, 0.15) is 5.60 Å². The Morgan fingerprint density at radius 3 is 2.25 bits per heavy atom. The first-order valence-electron chi connectivity index (χ1n) is 11.4. The molecule has 0 unspecified atom stereocenters. The maximum Gasteiger partial charge on any atom is 0.254 e. The second-order valence-corrected chi connectivity index (χ2v) is 9.34. The summed E-state index contributed by atoms with van der Waals surface area (Å²) in [6.07, 6.45) is 3.55. The fourth-order valence-electron chi connectivity index (χ4n) is 4.62. The first kappa shape index (κ1) is 19.5. The van der Waals surface area contributed by atoms with Crippen molar-refractivity contribution in [3.05, 3.63) is 53.7 Å². The van der Waals surface area contributed by atoms with Crippen molar-refractivity contribution in [2.45, 2.75) is 37.2 Å². The minimum absolute atomic E-state index is 0.0214. The van der Waals surface area contributed by atoms with Gasteiger partial charge in [-0.3, -0.25) is 14.7 Å². The van der Waals surface area contributed by atoms with Gasteiger partial charge in [-0.15, -0.1) is 0 Å². The lowest BCUT2D eigenvalue weighted by Crippen LogP contribution is -2.53. The van der Waals surface area contributed by atoms with Gasteiger partial charge < -0.3 is 14.9 Å². The van der Waals surface area contributed by atoms with Gasteiger partial charge in [-0.1, -0.05) is 24.3 Å². The van der Waals surface area contributed by atoms with E-state index in [2.05, 4.69) is 28.4 Å². The molecule has 3 aromatic rings. The third-order valence-corrected chi connectivity index (χ3v) is 7.00. The molecule has 7 nitrogen and oxygen atoms in total. The van der Waals surface area contributed by atoms with Crippen molar-refractivity contribution in [2.24, 2.45) is 0 Å². The van der Waals surface area contributed by atoms with Crippen LogP contribution >= 0.6 is 0 Å². The van der Waals surface area contributed by atoms with Gasteiger partial charge in [0, 0.05) is 43.0 Å². The number of hydrogen-bond donors (Lipinski definition) is 2. The molecule has 0 radical (unpaired) electrons. The summed E-state index contributed by atoms with van der Waals surface area (Å²) in [6, 6.07) is 14.1. The molecule has 1 saturated heterocycles. The molecule has 0 spiro atoms. The lowest BCUT2D eigenvalue weighted by molar-refractivity contribution is -0.143. The number of hydrogen-bond acceptors (Lipinski definition) is 4. The smallest absolute Gasteiger partial charge is 0.254 e. The molecular weight excluding hydrogens is 404 g/mol. The second-order valence-electron chi connectivity index (χ2n) is 9.34. The molecule has 2 saturated carbocycles. The topological polar surface area (TPSA) is 89.5 Å². The van der Waals surface area contributed by atoms with Gasteiger partial charge in [-0.2, -0.15) is 5.10 Å². The van der Waals surface area contributed by atoms with Crippen LogP contribution in [0.1, 0.15) is 47.7 Å². The Hall–Kier alpha value is -3.19. The van der Waals surface area contributed by atoms with E-state index in [0.29, 0.717) is 50.5 Å². The molecule has 0 atom stereocenters. The van der Waals surface area contributed by atoms with Crippen LogP contribution < -0.4 is 0 Å². The molecular formula is C25H26N4O3. The van der Waals surface area contributed by atoms with Crippen molar-refractivity contribution in [3.63, 3.8) is 0 Å². The van der Waals surface area contributed by atoms with Gasteiger partial charge in [-0.25, -0.2) is 0 Å². The average Bonchev–Trinajstić information content (AvgIpc) is 3.77. The number of carbonyl (C=O) groups excluding carboxylic acids is 2. The summed E-state index contributed by atoms with van der Waals surface area (Å²) in [4.78, 5) is 28.7. The molecule has 2 aliphatic carbocycles. The van der Waals surface area contributed by atoms with Crippen LogP contribution in [0, 0.1) is 0 Å². The van der Waals surface area contributed by atoms with E-state index in [0.717, 1.165) is 16.6 Å². The first-order valence-corrected chi connectivity index (χ1v) is 11.4. The molecule has 0 bridgehead atoms. The Labute approximate surface area is 186 Å². The van der Waals surface area contributed by atoms with E-state index >= 15 is 0 Å². The lowest BCUT2D eigenvalue weighted by Gasteiger charge is -2.35. The Morgan fingerprint density at radius 1 is 0.938 bits per heavy atom. The van der Waals surface area contributed by atoms with Crippen LogP contribution in [-0.4, -0.2) is 68.7 Å². The zero-order valence-corrected chi connectivity index (χ0v) is 17.9. The molecule has 1 aliphatic heterocycles. The maximum absolute atomic E-state index is 12.9. The Kier molecular flexibility index (Phi) is 4.37. The molecule has 3 aliphatic rings. The Bertz CT molecular complexity index is 1200. The number of piperazine rings is 1. The highest BCUT2D eigenvalue weighted by atomic mass is 16.3. The molecule has 7 heteroatoms. The molecule has 6 rings (SSSR count). The molecule has 2 amide bonds. The minimum atomic E-state index is -1.14. The van der Waals surface area contributed by atoms with Crippen LogP contribution in [0.4, 0.5) is 0 Å². The van der Waals surface area contributed by atoms with Crippen molar-refractivity contribution in [1.82, 2.24) is 20.0 Å². The fraction of sp³-hybridized carbons (Fsp3) is 0.400. The van der Waals surface area contributed by atoms with E-state index in [4.69, 9.17) is 0 Å². The SMILES string of the molecule is O=C(c1ccc(-c2ccc3c(C4CC4)n[nH]c3c2)cc1)N1CCN(C(=O)C2(O)CC2)CC1. The highest BCUT2D eigenvalue weighted by molar-refractivity contribution is 5.95. The van der Waals surface area contributed by atoms with E-state index < -0.39 is 5.60 Å². The molecule has 2 N–H and O–H groups in total. The molecule has 2 heterocycles. The van der Waals surface area contributed by atoms with Gasteiger partial charge in [0.05, 0.1) is 11.2 Å². The zero-order valence-electron chi connectivity index (χ0n) is 17.9. The summed E-state index contributed by atoms with van der Waals surface area (Å²) in [5.41, 5.74) is 3.88. The van der Waals surface area contributed by atoms with Gasteiger partial charge >= 0.3 is 0 Å². The molecule has 3 fully saturated rings. The number of H-pyrrole nitrogens is 1. The van der Waals surface area contributed by atoms with Crippen molar-refractivity contribution < 1.29 is 14.7 Å². The first-order chi connectivity index (χ1) is 15.5. The Balaban J connectivity index is 1.13. The van der Waals surface area contributed by atoms with Crippen LogP contribution in [0.5, 0.6) is 0 Å².